The first-order chi connectivity index (χ1) is 6.58. The van der Waals surface area contributed by atoms with Crippen molar-refractivity contribution in [3.05, 3.63) is 0 Å². The Hall–Kier alpha value is -0.260. The quantitative estimate of drug-likeness (QED) is 0.628. The van der Waals surface area contributed by atoms with E-state index in [-0.39, 0.29) is 11.9 Å². The molecule has 2 heterocycles. The molecule has 0 aromatic rings. The zero-order valence-electron chi connectivity index (χ0n) is 8.32. The third-order valence-electron chi connectivity index (χ3n) is 2.78. The zero-order chi connectivity index (χ0) is 10.2. The number of carbonyl (C=O) groups excluding carboxylic acids is 1. The molecule has 80 valence electrons. The summed E-state index contributed by atoms with van der Waals surface area (Å²) in [5.74, 6) is 1.87. The molecule has 2 fully saturated rings. The van der Waals surface area contributed by atoms with Crippen molar-refractivity contribution < 1.29 is 9.90 Å². The number of nitrogens with one attached hydrogen (secondary N) is 1. The molecule has 2 N–H and O–H groups in total. The van der Waals surface area contributed by atoms with E-state index in [0.717, 1.165) is 11.6 Å². The summed E-state index contributed by atoms with van der Waals surface area (Å²) < 4.78 is 0. The molecule has 2 rings (SSSR count). The fourth-order valence-electron chi connectivity index (χ4n) is 1.91. The molecule has 0 aliphatic carbocycles. The van der Waals surface area contributed by atoms with E-state index >= 15 is 0 Å². The molecule has 2 atom stereocenters. The fourth-order valence-corrected chi connectivity index (χ4v) is 2.84. The summed E-state index contributed by atoms with van der Waals surface area (Å²) >= 11 is 1.75. The summed E-state index contributed by atoms with van der Waals surface area (Å²) in [5, 5.41) is 12.9. The fraction of sp³-hybridized carbons (Fsp3) is 0.889. The first-order valence-electron chi connectivity index (χ1n) is 4.91. The molecule has 2 aliphatic heterocycles. The van der Waals surface area contributed by atoms with Crippen LogP contribution in [0.3, 0.4) is 0 Å². The maximum Gasteiger partial charge on any atom is 0.240 e. The summed E-state index contributed by atoms with van der Waals surface area (Å²) in [6, 6.07) is -0.0334. The topological polar surface area (TPSA) is 52.6 Å². The van der Waals surface area contributed by atoms with E-state index in [1.54, 1.807) is 23.6 Å². The smallest absolute Gasteiger partial charge is 0.240 e. The van der Waals surface area contributed by atoms with Gasteiger partial charge in [-0.2, -0.15) is 0 Å². The number of rotatable bonds is 1. The number of hydrogen-bond acceptors (Lipinski definition) is 4. The molecule has 0 spiro atoms. The van der Waals surface area contributed by atoms with E-state index in [1.165, 1.54) is 0 Å². The summed E-state index contributed by atoms with van der Waals surface area (Å²) in [7, 11) is 0. The average molecular weight is 216 g/mol. The number of hydrogen-bond donors (Lipinski definition) is 2. The van der Waals surface area contributed by atoms with Gasteiger partial charge in [-0.05, 0) is 13.3 Å². The molecule has 0 aromatic heterocycles. The Kier molecular flexibility index (Phi) is 2.72. The van der Waals surface area contributed by atoms with Crippen LogP contribution in [0, 0.1) is 0 Å². The highest BCUT2D eigenvalue weighted by Crippen LogP contribution is 2.22. The standard InChI is InChI=1S/C9H16N2O2S/c1-9(13)2-3-11(5-9)8(12)7-4-14-6-10-7/h7,10,13H,2-6H2,1H3. The van der Waals surface area contributed by atoms with Crippen molar-refractivity contribution in [2.24, 2.45) is 0 Å². The monoisotopic (exact) mass is 216 g/mol. The Morgan fingerprint density at radius 3 is 3.00 bits per heavy atom. The molecule has 14 heavy (non-hydrogen) atoms. The second-order valence-corrected chi connectivity index (χ2v) is 5.31. The third kappa shape index (κ3) is 2.04. The van der Waals surface area contributed by atoms with Gasteiger partial charge in [0.15, 0.2) is 0 Å². The van der Waals surface area contributed by atoms with E-state index in [0.29, 0.717) is 19.5 Å². The van der Waals surface area contributed by atoms with Gasteiger partial charge in [-0.25, -0.2) is 0 Å². The van der Waals surface area contributed by atoms with Crippen molar-refractivity contribution in [1.82, 2.24) is 10.2 Å². The number of likely N-dealkylation sites (tertiary alicyclic amines) is 1. The number of nitrogens with zero attached hydrogens (tertiary/aromatic N) is 1. The lowest BCUT2D eigenvalue weighted by atomic mass is 10.1. The van der Waals surface area contributed by atoms with Gasteiger partial charge in [0.25, 0.3) is 0 Å². The van der Waals surface area contributed by atoms with E-state index in [9.17, 15) is 9.90 Å². The van der Waals surface area contributed by atoms with Crippen LogP contribution in [0.4, 0.5) is 0 Å². The number of carbonyl (C=O) groups is 1. The lowest BCUT2D eigenvalue weighted by Gasteiger charge is -2.21. The molecule has 0 radical (unpaired) electrons. The molecule has 4 nitrogen and oxygen atoms in total. The largest absolute Gasteiger partial charge is 0.388 e. The minimum Gasteiger partial charge on any atom is -0.388 e. The van der Waals surface area contributed by atoms with Gasteiger partial charge in [-0.15, -0.1) is 11.8 Å². The second kappa shape index (κ2) is 3.72. The molecule has 0 saturated carbocycles. The molecule has 2 saturated heterocycles. The maximum atomic E-state index is 11.9. The van der Waals surface area contributed by atoms with Gasteiger partial charge in [-0.1, -0.05) is 0 Å². The highest BCUT2D eigenvalue weighted by molar-refractivity contribution is 7.99. The number of thioether (sulfide) groups is 1. The molecule has 0 aromatic carbocycles. The third-order valence-corrected chi connectivity index (χ3v) is 3.72. The molecular formula is C9H16N2O2S. The minimum atomic E-state index is -0.679. The van der Waals surface area contributed by atoms with Gasteiger partial charge in [0.05, 0.1) is 11.6 Å². The van der Waals surface area contributed by atoms with Gasteiger partial charge in [-0.3, -0.25) is 10.1 Å². The molecule has 1 amide bonds. The Balaban J connectivity index is 1.92. The predicted octanol–water partition coefficient (Wildman–Crippen LogP) is -0.368. The van der Waals surface area contributed by atoms with Gasteiger partial charge in [0.1, 0.15) is 0 Å². The summed E-state index contributed by atoms with van der Waals surface area (Å²) in [4.78, 5) is 13.6. The van der Waals surface area contributed by atoms with E-state index in [4.69, 9.17) is 0 Å². The van der Waals surface area contributed by atoms with Crippen LogP contribution in [0.2, 0.25) is 0 Å². The number of aliphatic hydroxyl groups is 1. The molecular weight excluding hydrogens is 200 g/mol. The van der Waals surface area contributed by atoms with Crippen molar-refractivity contribution >= 4 is 17.7 Å². The Bertz CT molecular complexity index is 239. The van der Waals surface area contributed by atoms with Crippen molar-refractivity contribution in [3.63, 3.8) is 0 Å². The predicted molar refractivity (Wildman–Crippen MR) is 56.1 cm³/mol. The lowest BCUT2D eigenvalue weighted by Crippen LogP contribution is -2.45. The van der Waals surface area contributed by atoms with Gasteiger partial charge in [0.2, 0.25) is 5.91 Å². The Morgan fingerprint density at radius 1 is 1.71 bits per heavy atom. The number of β-amino-alcohol motifs (C(OH)–C–C–N with tert-alkyl or cyclic N) is 1. The minimum absolute atomic E-state index is 0.0334. The van der Waals surface area contributed by atoms with Crippen molar-refractivity contribution in [2.45, 2.75) is 25.0 Å². The molecule has 2 aliphatic rings. The highest BCUT2D eigenvalue weighted by atomic mass is 32.2. The van der Waals surface area contributed by atoms with Gasteiger partial charge in [0, 0.05) is 24.7 Å². The van der Waals surface area contributed by atoms with Gasteiger partial charge < -0.3 is 10.0 Å². The van der Waals surface area contributed by atoms with E-state index in [2.05, 4.69) is 5.32 Å². The van der Waals surface area contributed by atoms with Crippen LogP contribution in [0.1, 0.15) is 13.3 Å². The lowest BCUT2D eigenvalue weighted by molar-refractivity contribution is -0.132. The Morgan fingerprint density at radius 2 is 2.50 bits per heavy atom. The van der Waals surface area contributed by atoms with E-state index in [1.807, 2.05) is 0 Å². The molecule has 5 heteroatoms. The van der Waals surface area contributed by atoms with Crippen LogP contribution in [-0.2, 0) is 4.79 Å². The first-order valence-corrected chi connectivity index (χ1v) is 6.06. The van der Waals surface area contributed by atoms with Crippen LogP contribution in [0.5, 0.6) is 0 Å². The average Bonchev–Trinajstić information content (AvgIpc) is 2.72. The SMILES string of the molecule is CC1(O)CCN(C(=O)C2CSCN2)C1. The first kappa shape index (κ1) is 10.3. The number of amides is 1. The summed E-state index contributed by atoms with van der Waals surface area (Å²) in [6.45, 7) is 2.96. The van der Waals surface area contributed by atoms with Crippen LogP contribution < -0.4 is 5.32 Å². The Labute approximate surface area is 88.0 Å². The zero-order valence-corrected chi connectivity index (χ0v) is 9.14. The summed E-state index contributed by atoms with van der Waals surface area (Å²) in [6.07, 6.45) is 0.693. The normalized spacial score (nSPS) is 37.9. The van der Waals surface area contributed by atoms with Crippen molar-refractivity contribution in [2.75, 3.05) is 24.7 Å². The van der Waals surface area contributed by atoms with Crippen LogP contribution >= 0.6 is 11.8 Å². The summed E-state index contributed by atoms with van der Waals surface area (Å²) in [5.41, 5.74) is -0.679. The van der Waals surface area contributed by atoms with Crippen molar-refractivity contribution in [3.8, 4) is 0 Å². The van der Waals surface area contributed by atoms with Crippen LogP contribution in [-0.4, -0.2) is 52.3 Å². The maximum absolute atomic E-state index is 11.9. The van der Waals surface area contributed by atoms with E-state index < -0.39 is 5.60 Å². The van der Waals surface area contributed by atoms with Gasteiger partial charge >= 0.3 is 0 Å². The molecule has 2 unspecified atom stereocenters. The van der Waals surface area contributed by atoms with Crippen molar-refractivity contribution in [1.29, 1.82) is 0 Å². The van der Waals surface area contributed by atoms with Crippen LogP contribution in [0.25, 0.3) is 0 Å². The second-order valence-electron chi connectivity index (χ2n) is 4.28. The molecule has 0 bridgehead atoms. The highest BCUT2D eigenvalue weighted by Gasteiger charge is 2.37. The van der Waals surface area contributed by atoms with Crippen LogP contribution in [0.15, 0.2) is 0 Å².